The summed E-state index contributed by atoms with van der Waals surface area (Å²) in [6.45, 7) is -0.387. The third-order valence-electron chi connectivity index (χ3n) is 3.71. The standard InChI is InChI=1S/C19H17NO6/c1-24-15-5-2-13(3-6-15)20-18(22)11-26-19(23)8-12-10-25-17-9-14(21)4-7-16(12)17/h2-7,9-10,21H,8,11H2,1H3,(H,20,22). The zero-order valence-corrected chi connectivity index (χ0v) is 14.0. The Balaban J connectivity index is 1.52. The molecule has 0 aliphatic heterocycles. The minimum Gasteiger partial charge on any atom is -0.508 e. The molecule has 2 N–H and O–H groups in total. The third kappa shape index (κ3) is 4.13. The number of carbonyl (C=O) groups excluding carboxylic acids is 2. The number of ether oxygens (including phenoxy) is 2. The summed E-state index contributed by atoms with van der Waals surface area (Å²) in [4.78, 5) is 23.8. The van der Waals surface area contributed by atoms with E-state index in [1.807, 2.05) is 0 Å². The first-order valence-electron chi connectivity index (χ1n) is 7.84. The molecule has 0 atom stereocenters. The minimum absolute atomic E-state index is 0.0341. The molecule has 2 aromatic carbocycles. The molecule has 7 heteroatoms. The van der Waals surface area contributed by atoms with Crippen molar-refractivity contribution < 1.29 is 28.6 Å². The number of carbonyl (C=O) groups is 2. The van der Waals surface area contributed by atoms with E-state index in [2.05, 4.69) is 5.32 Å². The van der Waals surface area contributed by atoms with Crippen molar-refractivity contribution in [1.29, 1.82) is 0 Å². The van der Waals surface area contributed by atoms with Gasteiger partial charge in [-0.3, -0.25) is 9.59 Å². The molecule has 1 heterocycles. The molecule has 0 saturated heterocycles. The molecule has 0 spiro atoms. The summed E-state index contributed by atoms with van der Waals surface area (Å²) in [5.41, 5.74) is 1.68. The Morgan fingerprint density at radius 3 is 2.65 bits per heavy atom. The van der Waals surface area contributed by atoms with Gasteiger partial charge < -0.3 is 24.3 Å². The van der Waals surface area contributed by atoms with E-state index in [1.54, 1.807) is 37.4 Å². The van der Waals surface area contributed by atoms with E-state index in [0.717, 1.165) is 0 Å². The number of amides is 1. The van der Waals surface area contributed by atoms with E-state index in [1.165, 1.54) is 18.4 Å². The lowest BCUT2D eigenvalue weighted by molar-refractivity contribution is -0.146. The predicted octanol–water partition coefficient (Wildman–Crippen LogP) is 2.87. The number of methoxy groups -OCH3 is 1. The van der Waals surface area contributed by atoms with Crippen molar-refractivity contribution in [2.24, 2.45) is 0 Å². The second kappa shape index (κ2) is 7.60. The second-order valence-corrected chi connectivity index (χ2v) is 5.56. The molecular formula is C19H17NO6. The summed E-state index contributed by atoms with van der Waals surface area (Å²) in [5.74, 6) is -0.234. The number of fused-ring (bicyclic) bond motifs is 1. The Bertz CT molecular complexity index is 929. The topological polar surface area (TPSA) is 98.0 Å². The predicted molar refractivity (Wildman–Crippen MR) is 94.2 cm³/mol. The average molecular weight is 355 g/mol. The maximum atomic E-state index is 12.0. The molecule has 0 aliphatic rings. The van der Waals surface area contributed by atoms with Crippen molar-refractivity contribution in [3.05, 3.63) is 54.3 Å². The molecule has 0 aliphatic carbocycles. The van der Waals surface area contributed by atoms with Crippen LogP contribution in [0, 0.1) is 0 Å². The molecule has 0 radical (unpaired) electrons. The normalized spacial score (nSPS) is 10.5. The van der Waals surface area contributed by atoms with Crippen LogP contribution in [-0.2, 0) is 20.7 Å². The van der Waals surface area contributed by atoms with Gasteiger partial charge in [0.25, 0.3) is 5.91 Å². The Labute approximate surface area is 149 Å². The van der Waals surface area contributed by atoms with Crippen molar-refractivity contribution in [1.82, 2.24) is 0 Å². The fourth-order valence-corrected chi connectivity index (χ4v) is 2.43. The lowest BCUT2D eigenvalue weighted by Gasteiger charge is -2.07. The molecule has 3 aromatic rings. The summed E-state index contributed by atoms with van der Waals surface area (Å²) >= 11 is 0. The number of phenols is 1. The first kappa shape index (κ1) is 17.3. The van der Waals surface area contributed by atoms with Gasteiger partial charge in [0.1, 0.15) is 17.1 Å². The van der Waals surface area contributed by atoms with Crippen LogP contribution in [0.2, 0.25) is 0 Å². The van der Waals surface area contributed by atoms with Gasteiger partial charge in [0, 0.05) is 22.7 Å². The van der Waals surface area contributed by atoms with Crippen LogP contribution in [0.5, 0.6) is 11.5 Å². The molecule has 0 fully saturated rings. The van der Waals surface area contributed by atoms with E-state index >= 15 is 0 Å². The summed E-state index contributed by atoms with van der Waals surface area (Å²) in [7, 11) is 1.55. The highest BCUT2D eigenvalue weighted by molar-refractivity contribution is 5.93. The largest absolute Gasteiger partial charge is 0.508 e. The van der Waals surface area contributed by atoms with Crippen LogP contribution in [0.25, 0.3) is 11.0 Å². The van der Waals surface area contributed by atoms with Crippen molar-refractivity contribution in [2.45, 2.75) is 6.42 Å². The van der Waals surface area contributed by atoms with Gasteiger partial charge in [0.15, 0.2) is 6.61 Å². The zero-order chi connectivity index (χ0) is 18.5. The van der Waals surface area contributed by atoms with E-state index < -0.39 is 11.9 Å². The number of hydrogen-bond acceptors (Lipinski definition) is 6. The van der Waals surface area contributed by atoms with E-state index in [9.17, 15) is 14.7 Å². The van der Waals surface area contributed by atoms with Gasteiger partial charge in [-0.25, -0.2) is 0 Å². The number of esters is 1. The van der Waals surface area contributed by atoms with Crippen LogP contribution in [0.1, 0.15) is 5.56 Å². The number of hydrogen-bond donors (Lipinski definition) is 2. The van der Waals surface area contributed by atoms with Crippen LogP contribution in [0.3, 0.4) is 0 Å². The molecule has 7 nitrogen and oxygen atoms in total. The van der Waals surface area contributed by atoms with Crippen LogP contribution in [0.15, 0.2) is 53.1 Å². The first-order chi connectivity index (χ1) is 12.5. The summed E-state index contributed by atoms with van der Waals surface area (Å²) < 4.78 is 15.3. The quantitative estimate of drug-likeness (QED) is 0.660. The maximum absolute atomic E-state index is 12.0. The molecule has 1 amide bonds. The second-order valence-electron chi connectivity index (χ2n) is 5.56. The van der Waals surface area contributed by atoms with Gasteiger partial charge in [-0.15, -0.1) is 0 Å². The highest BCUT2D eigenvalue weighted by atomic mass is 16.5. The Kier molecular flexibility index (Phi) is 5.07. The lowest BCUT2D eigenvalue weighted by Crippen LogP contribution is -2.21. The van der Waals surface area contributed by atoms with Crippen molar-refractivity contribution in [3.63, 3.8) is 0 Å². The number of benzene rings is 2. The van der Waals surface area contributed by atoms with E-state index in [-0.39, 0.29) is 18.8 Å². The maximum Gasteiger partial charge on any atom is 0.310 e. The van der Waals surface area contributed by atoms with E-state index in [4.69, 9.17) is 13.9 Å². The number of aromatic hydroxyl groups is 1. The Hall–Kier alpha value is -3.48. The summed E-state index contributed by atoms with van der Waals surface area (Å²) in [6, 6.07) is 11.4. The van der Waals surface area contributed by atoms with Crippen molar-refractivity contribution >= 4 is 28.5 Å². The average Bonchev–Trinajstić information content (AvgIpc) is 3.02. The summed E-state index contributed by atoms with van der Waals surface area (Å²) in [5, 5.41) is 12.7. The molecule has 0 unspecified atom stereocenters. The molecule has 3 rings (SSSR count). The van der Waals surface area contributed by atoms with Gasteiger partial charge in [0.05, 0.1) is 19.8 Å². The number of nitrogens with one attached hydrogen (secondary N) is 1. The Morgan fingerprint density at radius 2 is 1.92 bits per heavy atom. The van der Waals surface area contributed by atoms with Gasteiger partial charge in [-0.05, 0) is 36.4 Å². The third-order valence-corrected chi connectivity index (χ3v) is 3.71. The number of anilines is 1. The van der Waals surface area contributed by atoms with Crippen LogP contribution in [-0.4, -0.2) is 30.7 Å². The SMILES string of the molecule is COc1ccc(NC(=O)COC(=O)Cc2coc3cc(O)ccc23)cc1. The van der Waals surface area contributed by atoms with Gasteiger partial charge in [0.2, 0.25) is 0 Å². The van der Waals surface area contributed by atoms with Crippen LogP contribution < -0.4 is 10.1 Å². The highest BCUT2D eigenvalue weighted by Crippen LogP contribution is 2.25. The van der Waals surface area contributed by atoms with Gasteiger partial charge >= 0.3 is 5.97 Å². The molecule has 1 aromatic heterocycles. The molecule has 26 heavy (non-hydrogen) atoms. The van der Waals surface area contributed by atoms with Gasteiger partial charge in [-0.1, -0.05) is 0 Å². The van der Waals surface area contributed by atoms with Crippen LogP contribution in [0.4, 0.5) is 5.69 Å². The smallest absolute Gasteiger partial charge is 0.310 e. The molecule has 0 saturated carbocycles. The number of phenolic OH excluding ortho intramolecular Hbond substituents is 1. The lowest BCUT2D eigenvalue weighted by atomic mass is 10.1. The molecule has 0 bridgehead atoms. The number of furan rings is 1. The van der Waals surface area contributed by atoms with Gasteiger partial charge in [-0.2, -0.15) is 0 Å². The van der Waals surface area contributed by atoms with Crippen LogP contribution >= 0.6 is 0 Å². The Morgan fingerprint density at radius 1 is 1.15 bits per heavy atom. The van der Waals surface area contributed by atoms with Crippen molar-refractivity contribution in [3.8, 4) is 11.5 Å². The first-order valence-corrected chi connectivity index (χ1v) is 7.84. The fourth-order valence-electron chi connectivity index (χ4n) is 2.43. The molecular weight excluding hydrogens is 338 g/mol. The van der Waals surface area contributed by atoms with E-state index in [0.29, 0.717) is 28.0 Å². The fraction of sp³-hybridized carbons (Fsp3) is 0.158. The number of rotatable bonds is 6. The highest BCUT2D eigenvalue weighted by Gasteiger charge is 2.13. The monoisotopic (exact) mass is 355 g/mol. The van der Waals surface area contributed by atoms with Crippen molar-refractivity contribution in [2.75, 3.05) is 19.0 Å². The summed E-state index contributed by atoms with van der Waals surface area (Å²) in [6.07, 6.45) is 1.40. The minimum atomic E-state index is -0.550. The molecule has 134 valence electrons. The zero-order valence-electron chi connectivity index (χ0n) is 14.0.